The van der Waals surface area contributed by atoms with Gasteiger partial charge in [0.15, 0.2) is 0 Å². The van der Waals surface area contributed by atoms with Gasteiger partial charge < -0.3 is 0 Å². The predicted octanol–water partition coefficient (Wildman–Crippen LogP) is 7.30. The van der Waals surface area contributed by atoms with Gasteiger partial charge in [-0.15, -0.1) is 0 Å². The van der Waals surface area contributed by atoms with Gasteiger partial charge in [-0.2, -0.15) is 0 Å². The van der Waals surface area contributed by atoms with Crippen LogP contribution in [0.3, 0.4) is 0 Å². The van der Waals surface area contributed by atoms with E-state index < -0.39 is 0 Å². The minimum atomic E-state index is 0.550. The summed E-state index contributed by atoms with van der Waals surface area (Å²) in [5, 5.41) is 2.63. The van der Waals surface area contributed by atoms with Crippen molar-refractivity contribution in [3.8, 4) is 22.3 Å². The summed E-state index contributed by atoms with van der Waals surface area (Å²) in [4.78, 5) is 0. The molecule has 4 aromatic rings. The molecule has 0 saturated heterocycles. The molecule has 0 spiro atoms. The second kappa shape index (κ2) is 6.57. The summed E-state index contributed by atoms with van der Waals surface area (Å²) in [6.07, 6.45) is 0. The van der Waals surface area contributed by atoms with Crippen LogP contribution in [0.2, 0.25) is 0 Å². The molecule has 0 bridgehead atoms. The fraction of sp³-hybridized carbons (Fsp3) is 0.120. The van der Waals surface area contributed by atoms with Crippen LogP contribution in [0.25, 0.3) is 33.0 Å². The number of hydrogen-bond acceptors (Lipinski definition) is 0. The molecule has 0 atom stereocenters. The average molecular weight is 322 g/mol. The Kier molecular flexibility index (Phi) is 4.11. The zero-order valence-electron chi connectivity index (χ0n) is 14.7. The lowest BCUT2D eigenvalue weighted by atomic mass is 9.93. The fourth-order valence-corrected chi connectivity index (χ4v) is 3.41. The Hall–Kier alpha value is -2.86. The van der Waals surface area contributed by atoms with Crippen molar-refractivity contribution in [2.75, 3.05) is 0 Å². The lowest BCUT2D eigenvalue weighted by molar-refractivity contribution is 0.869. The van der Waals surface area contributed by atoms with E-state index in [4.69, 9.17) is 0 Å². The molecule has 0 aliphatic heterocycles. The molecule has 0 heteroatoms. The third kappa shape index (κ3) is 3.08. The Morgan fingerprint density at radius 1 is 0.560 bits per heavy atom. The van der Waals surface area contributed by atoms with Crippen LogP contribution in [-0.2, 0) is 0 Å². The van der Waals surface area contributed by atoms with Crippen molar-refractivity contribution >= 4 is 10.8 Å². The molecule has 0 radical (unpaired) electrons. The first-order valence-electron chi connectivity index (χ1n) is 8.91. The summed E-state index contributed by atoms with van der Waals surface area (Å²) in [5.74, 6) is 0.550. The molecule has 0 heterocycles. The van der Waals surface area contributed by atoms with Gasteiger partial charge in [0.1, 0.15) is 0 Å². The van der Waals surface area contributed by atoms with Crippen LogP contribution in [0.15, 0.2) is 91.0 Å². The van der Waals surface area contributed by atoms with Gasteiger partial charge in [0.2, 0.25) is 0 Å². The van der Waals surface area contributed by atoms with Crippen molar-refractivity contribution in [3.05, 3.63) is 96.6 Å². The summed E-state index contributed by atoms with van der Waals surface area (Å²) >= 11 is 0. The van der Waals surface area contributed by atoms with Gasteiger partial charge in [0, 0.05) is 0 Å². The molecule has 0 N–H and O–H groups in total. The van der Waals surface area contributed by atoms with Gasteiger partial charge >= 0.3 is 0 Å². The lowest BCUT2D eigenvalue weighted by Gasteiger charge is -2.12. The third-order valence-electron chi connectivity index (χ3n) is 4.85. The highest BCUT2D eigenvalue weighted by atomic mass is 14.1. The number of benzene rings is 4. The van der Waals surface area contributed by atoms with Crippen molar-refractivity contribution in [1.82, 2.24) is 0 Å². The van der Waals surface area contributed by atoms with Gasteiger partial charge in [0.05, 0.1) is 0 Å². The number of hydrogen-bond donors (Lipinski definition) is 0. The second-order valence-electron chi connectivity index (χ2n) is 6.89. The lowest BCUT2D eigenvalue weighted by Crippen LogP contribution is -1.88. The third-order valence-corrected chi connectivity index (χ3v) is 4.85. The normalized spacial score (nSPS) is 11.2. The van der Waals surface area contributed by atoms with Crippen molar-refractivity contribution in [2.24, 2.45) is 0 Å². The number of fused-ring (bicyclic) bond motifs is 1. The molecule has 4 aromatic carbocycles. The SMILES string of the molecule is CC(C)c1ccc2c(-c3cccc(-c4ccccc4)c3)cccc2c1. The van der Waals surface area contributed by atoms with Crippen LogP contribution >= 0.6 is 0 Å². The van der Waals surface area contributed by atoms with E-state index in [9.17, 15) is 0 Å². The Morgan fingerprint density at radius 2 is 1.28 bits per heavy atom. The first-order chi connectivity index (χ1) is 12.2. The number of rotatable bonds is 3. The van der Waals surface area contributed by atoms with Gasteiger partial charge in [-0.25, -0.2) is 0 Å². The topological polar surface area (TPSA) is 0 Å². The van der Waals surface area contributed by atoms with E-state index in [0.717, 1.165) is 0 Å². The molecule has 25 heavy (non-hydrogen) atoms. The first kappa shape index (κ1) is 15.7. The highest BCUT2D eigenvalue weighted by molar-refractivity contribution is 5.97. The summed E-state index contributed by atoms with van der Waals surface area (Å²) in [6, 6.07) is 32.9. The van der Waals surface area contributed by atoms with E-state index in [1.807, 2.05) is 0 Å². The van der Waals surface area contributed by atoms with Crippen LogP contribution < -0.4 is 0 Å². The molecule has 0 amide bonds. The highest BCUT2D eigenvalue weighted by Crippen LogP contribution is 2.32. The molecule has 0 aromatic heterocycles. The quantitative estimate of drug-likeness (QED) is 0.371. The van der Waals surface area contributed by atoms with Crippen LogP contribution in [-0.4, -0.2) is 0 Å². The summed E-state index contributed by atoms with van der Waals surface area (Å²) in [6.45, 7) is 4.49. The first-order valence-corrected chi connectivity index (χ1v) is 8.91. The molecule has 0 nitrogen and oxygen atoms in total. The molecular weight excluding hydrogens is 300 g/mol. The minimum absolute atomic E-state index is 0.550. The van der Waals surface area contributed by atoms with E-state index in [-0.39, 0.29) is 0 Å². The summed E-state index contributed by atoms with van der Waals surface area (Å²) < 4.78 is 0. The highest BCUT2D eigenvalue weighted by Gasteiger charge is 2.07. The zero-order chi connectivity index (χ0) is 17.2. The van der Waals surface area contributed by atoms with Crippen LogP contribution in [0.5, 0.6) is 0 Å². The predicted molar refractivity (Wildman–Crippen MR) is 109 cm³/mol. The molecule has 0 saturated carbocycles. The molecule has 0 fully saturated rings. The second-order valence-corrected chi connectivity index (χ2v) is 6.89. The standard InChI is InChI=1S/C25H22/c1-18(2)20-14-15-25-22(16-20)12-7-13-24(25)23-11-6-10-21(17-23)19-8-4-3-5-9-19/h3-18H,1-2H3. The van der Waals surface area contributed by atoms with Gasteiger partial charge in [-0.05, 0) is 50.6 Å². The zero-order valence-corrected chi connectivity index (χ0v) is 14.7. The molecule has 0 aliphatic carbocycles. The Morgan fingerprint density at radius 3 is 2.08 bits per heavy atom. The van der Waals surface area contributed by atoms with Gasteiger partial charge in [-0.3, -0.25) is 0 Å². The molecule has 0 aliphatic rings. The molecular formula is C25H22. The molecule has 4 rings (SSSR count). The van der Waals surface area contributed by atoms with Gasteiger partial charge in [0.25, 0.3) is 0 Å². The van der Waals surface area contributed by atoms with Crippen LogP contribution in [0, 0.1) is 0 Å². The molecule has 122 valence electrons. The Balaban J connectivity index is 1.85. The Labute approximate surface area is 149 Å². The smallest absolute Gasteiger partial charge is 0.0105 e. The van der Waals surface area contributed by atoms with Crippen molar-refractivity contribution in [2.45, 2.75) is 19.8 Å². The summed E-state index contributed by atoms with van der Waals surface area (Å²) in [5.41, 5.74) is 6.47. The fourth-order valence-electron chi connectivity index (χ4n) is 3.41. The van der Waals surface area contributed by atoms with Gasteiger partial charge in [-0.1, -0.05) is 98.8 Å². The van der Waals surface area contributed by atoms with E-state index in [2.05, 4.69) is 105 Å². The van der Waals surface area contributed by atoms with E-state index in [0.29, 0.717) is 5.92 Å². The van der Waals surface area contributed by atoms with Crippen molar-refractivity contribution < 1.29 is 0 Å². The maximum atomic E-state index is 2.32. The molecule has 0 unspecified atom stereocenters. The van der Waals surface area contributed by atoms with E-state index >= 15 is 0 Å². The van der Waals surface area contributed by atoms with E-state index in [1.54, 1.807) is 0 Å². The monoisotopic (exact) mass is 322 g/mol. The maximum absolute atomic E-state index is 2.32. The van der Waals surface area contributed by atoms with Crippen molar-refractivity contribution in [3.63, 3.8) is 0 Å². The largest absolute Gasteiger partial charge is 0.0622 e. The van der Waals surface area contributed by atoms with E-state index in [1.165, 1.54) is 38.6 Å². The average Bonchev–Trinajstić information content (AvgIpc) is 2.68. The maximum Gasteiger partial charge on any atom is -0.0105 e. The van der Waals surface area contributed by atoms with Crippen LogP contribution in [0.1, 0.15) is 25.3 Å². The summed E-state index contributed by atoms with van der Waals surface area (Å²) in [7, 11) is 0. The Bertz CT molecular complexity index is 1010. The van der Waals surface area contributed by atoms with Crippen LogP contribution in [0.4, 0.5) is 0 Å². The minimum Gasteiger partial charge on any atom is -0.0622 e. The van der Waals surface area contributed by atoms with Crippen molar-refractivity contribution in [1.29, 1.82) is 0 Å².